The molecular weight excluding hydrogens is 630 g/mol. The van der Waals surface area contributed by atoms with Crippen LogP contribution in [-0.4, -0.2) is 54.8 Å². The summed E-state index contributed by atoms with van der Waals surface area (Å²) in [4.78, 5) is 60.0. The summed E-state index contributed by atoms with van der Waals surface area (Å²) in [5.74, 6) is 0. The Morgan fingerprint density at radius 1 is 0.333 bits per heavy atom. The molecule has 33 heavy (non-hydrogen) atoms. The van der Waals surface area contributed by atoms with Crippen LogP contribution in [0.15, 0.2) is 0 Å². The van der Waals surface area contributed by atoms with Gasteiger partial charge < -0.3 is 93.3 Å². The summed E-state index contributed by atoms with van der Waals surface area (Å²) in [6.45, 7) is 0. The first-order valence-electron chi connectivity index (χ1n) is 2.92. The van der Waals surface area contributed by atoms with Gasteiger partial charge in [-0.05, 0) is 0 Å². The molecule has 0 spiro atoms. The zero-order valence-corrected chi connectivity index (χ0v) is 33.7. The fraction of sp³-hybridized carbons (Fsp3) is 0. The molecule has 0 saturated heterocycles. The Labute approximate surface area is 318 Å². The zero-order valence-electron chi connectivity index (χ0n) is 18.1. The van der Waals surface area contributed by atoms with Crippen LogP contribution in [0.4, 0.5) is 0 Å². The molecule has 0 aliphatic rings. The molecule has 0 aliphatic carbocycles. The summed E-state index contributed by atoms with van der Waals surface area (Å²) in [5, 5.41) is 0. The molecule has 0 aromatic heterocycles. The Hall–Kier alpha value is 6.16. The quantitative estimate of drug-likeness (QED) is 0.191. The normalized spacial score (nSPS) is 10.6. The minimum atomic E-state index is -6.26. The van der Waals surface area contributed by atoms with Crippen LogP contribution < -0.4 is 207 Å². The Morgan fingerprint density at radius 2 is 0.455 bits per heavy atom. The molecule has 2 atom stereocenters. The molecule has 0 aliphatic heterocycles. The van der Waals surface area contributed by atoms with Gasteiger partial charge in [0.15, 0.2) is 0 Å². The summed E-state index contributed by atoms with van der Waals surface area (Å²) >= 11 is 0. The summed E-state index contributed by atoms with van der Waals surface area (Å²) in [6, 6.07) is 0. The van der Waals surface area contributed by atoms with Gasteiger partial charge in [-0.3, -0.25) is 17.8 Å². The van der Waals surface area contributed by atoms with Gasteiger partial charge in [0.25, 0.3) is 15.6 Å². The second-order valence-corrected chi connectivity index (χ2v) is 7.57. The van der Waals surface area contributed by atoms with Crippen molar-refractivity contribution in [2.24, 2.45) is 0 Å². The largest absolute Gasteiger partial charge is 1.00 e. The predicted octanol–water partition coefficient (Wildman–Crippen LogP) is -30.6. The first kappa shape index (κ1) is 116. The molecule has 0 rings (SSSR count). The van der Waals surface area contributed by atoms with Crippen LogP contribution in [0.1, 0.15) is 0 Å². The second kappa shape index (κ2) is 47.9. The van der Waals surface area contributed by atoms with Crippen LogP contribution in [0.5, 0.6) is 0 Å². The fourth-order valence-corrected chi connectivity index (χ4v) is 4.11. The second-order valence-electron chi connectivity index (χ2n) is 2.03. The SMILES string of the molecule is O.O.O.O.O.O.O.O.O.O.O=P([O-])([O-])OP(=O)([O-])OP(=O)([O-])OP(=O)([O-])[O-].[Na+].[Na+].[Na+].[Na+].[Na+].[Na+]. The van der Waals surface area contributed by atoms with Gasteiger partial charge in [-0.1, -0.05) is 0 Å². The van der Waals surface area contributed by atoms with Gasteiger partial charge in [0, 0.05) is 0 Å². The van der Waals surface area contributed by atoms with Crippen molar-refractivity contribution in [2.75, 3.05) is 0 Å². The van der Waals surface area contributed by atoms with Gasteiger partial charge in [0.1, 0.15) is 0 Å². The molecule has 2 unspecified atom stereocenters. The first-order chi connectivity index (χ1) is 7.12. The van der Waals surface area contributed by atoms with Crippen LogP contribution in [0.2, 0.25) is 0 Å². The average Bonchev–Trinajstić information content (AvgIpc) is 1.65. The topological polar surface area (TPSA) is 549 Å². The summed E-state index contributed by atoms with van der Waals surface area (Å²) < 4.78 is 48.5. The Morgan fingerprint density at radius 3 is 0.545 bits per heavy atom. The molecule has 0 aromatic carbocycles. The first-order valence-corrected chi connectivity index (χ1v) is 8.76. The van der Waals surface area contributed by atoms with E-state index >= 15 is 0 Å². The number of hydrogen-bond donors (Lipinski definition) is 0. The third-order valence-electron chi connectivity index (χ3n) is 0.600. The van der Waals surface area contributed by atoms with Crippen LogP contribution >= 0.6 is 31.3 Å². The van der Waals surface area contributed by atoms with E-state index in [2.05, 4.69) is 12.9 Å². The van der Waals surface area contributed by atoms with E-state index < -0.39 is 31.3 Å². The number of rotatable bonds is 6. The van der Waals surface area contributed by atoms with Crippen molar-refractivity contribution in [1.29, 1.82) is 0 Å². The third-order valence-corrected chi connectivity index (χ3v) is 5.40. The molecule has 0 bridgehead atoms. The van der Waals surface area contributed by atoms with Crippen molar-refractivity contribution in [3.63, 3.8) is 0 Å². The van der Waals surface area contributed by atoms with Crippen LogP contribution in [0, 0.1) is 0 Å². The van der Waals surface area contributed by atoms with Gasteiger partial charge in [0.05, 0.1) is 15.6 Å². The summed E-state index contributed by atoms with van der Waals surface area (Å²) in [5.41, 5.74) is 0. The van der Waals surface area contributed by atoms with Crippen molar-refractivity contribution in [2.45, 2.75) is 0 Å². The van der Waals surface area contributed by atoms with E-state index in [1.54, 1.807) is 0 Å². The van der Waals surface area contributed by atoms with Crippen molar-refractivity contribution >= 4 is 31.3 Å². The molecular formula is H20Na6O23P4. The van der Waals surface area contributed by atoms with Crippen molar-refractivity contribution in [3.05, 3.63) is 0 Å². The summed E-state index contributed by atoms with van der Waals surface area (Å²) in [6.07, 6.45) is 0. The van der Waals surface area contributed by atoms with E-state index in [9.17, 15) is 47.6 Å². The van der Waals surface area contributed by atoms with E-state index in [-0.39, 0.29) is 232 Å². The molecule has 23 nitrogen and oxygen atoms in total. The third kappa shape index (κ3) is 85.5. The number of phosphoric acid groups is 4. The van der Waals surface area contributed by atoms with Gasteiger partial charge in [-0.25, -0.2) is 4.31 Å². The maximum Gasteiger partial charge on any atom is 1.00 e. The van der Waals surface area contributed by atoms with Crippen LogP contribution in [0.3, 0.4) is 0 Å². The van der Waals surface area contributed by atoms with Crippen molar-refractivity contribution < 1.29 is 293 Å². The standard InChI is InChI=1S/6Na.H6O13P4.10H2O/c;;;;;;1-14(2,3)11-16(7,8)13-17(9,10)12-15(4,5)6;;;;;;;;;;/h;;;;;;(H,7,8)(H,9,10)(H2,1,2,3)(H2,4,5,6);10*1H2/q6*+1;;;;;;;;;;;/p-6. The minimum Gasteiger partial charge on any atom is -0.790 e. The molecule has 0 amide bonds. The van der Waals surface area contributed by atoms with Crippen molar-refractivity contribution in [3.8, 4) is 0 Å². The maximum absolute atomic E-state index is 10.4. The molecule has 184 valence electrons. The van der Waals surface area contributed by atoms with E-state index in [1.807, 2.05) is 0 Å². The molecule has 0 fully saturated rings. The van der Waals surface area contributed by atoms with Gasteiger partial charge in [-0.2, -0.15) is 0 Å². The molecule has 0 saturated carbocycles. The number of hydrogen-bond acceptors (Lipinski definition) is 13. The van der Waals surface area contributed by atoms with Gasteiger partial charge in [0.2, 0.25) is 0 Å². The average molecular weight is 650 g/mol. The monoisotopic (exact) mass is 650 g/mol. The predicted molar refractivity (Wildman–Crippen MR) is 69.8 cm³/mol. The molecule has 0 aromatic rings. The molecule has 0 radical (unpaired) electrons. The minimum absolute atomic E-state index is 0. The Kier molecular flexibility index (Phi) is 169. The molecule has 20 N–H and O–H groups in total. The maximum atomic E-state index is 10.4. The Bertz CT molecular complexity index is 428. The smallest absolute Gasteiger partial charge is 0.790 e. The van der Waals surface area contributed by atoms with E-state index in [0.29, 0.717) is 0 Å². The van der Waals surface area contributed by atoms with Crippen LogP contribution in [0.25, 0.3) is 0 Å². The molecule has 0 heterocycles. The van der Waals surface area contributed by atoms with Gasteiger partial charge in [-0.15, -0.1) is 0 Å². The van der Waals surface area contributed by atoms with E-state index in [1.165, 1.54) is 0 Å². The fourth-order valence-electron chi connectivity index (χ4n) is 0.397. The van der Waals surface area contributed by atoms with E-state index in [0.717, 1.165) is 0 Å². The molecule has 33 heteroatoms. The van der Waals surface area contributed by atoms with Crippen LogP contribution in [-0.2, 0) is 31.2 Å². The van der Waals surface area contributed by atoms with Gasteiger partial charge >= 0.3 is 177 Å². The van der Waals surface area contributed by atoms with Crippen molar-refractivity contribution in [1.82, 2.24) is 0 Å². The zero-order chi connectivity index (χ0) is 14.1. The summed E-state index contributed by atoms with van der Waals surface area (Å²) in [7, 11) is -24.9. The Balaban J connectivity index is -0.0000000107. The van der Waals surface area contributed by atoms with E-state index in [4.69, 9.17) is 0 Å².